The fourth-order valence-corrected chi connectivity index (χ4v) is 3.87. The smallest absolute Gasteiger partial charge is 0.411 e. The number of nitrogens with one attached hydrogen (secondary N) is 3. The molecule has 32 heavy (non-hydrogen) atoms. The molecule has 0 unspecified atom stereocenters. The third kappa shape index (κ3) is 6.29. The first-order valence-electron chi connectivity index (χ1n) is 10.8. The van der Waals surface area contributed by atoms with Crippen LogP contribution in [0.1, 0.15) is 63.6 Å². The first kappa shape index (κ1) is 23.2. The van der Waals surface area contributed by atoms with Gasteiger partial charge in [0.15, 0.2) is 5.82 Å². The second-order valence-electron chi connectivity index (χ2n) is 7.93. The van der Waals surface area contributed by atoms with E-state index in [1.165, 1.54) is 14.0 Å². The predicted molar refractivity (Wildman–Crippen MR) is 117 cm³/mol. The van der Waals surface area contributed by atoms with E-state index < -0.39 is 11.6 Å². The van der Waals surface area contributed by atoms with Gasteiger partial charge < -0.3 is 19.9 Å². The van der Waals surface area contributed by atoms with Gasteiger partial charge in [-0.05, 0) is 37.1 Å². The quantitative estimate of drug-likeness (QED) is 0.557. The van der Waals surface area contributed by atoms with E-state index in [9.17, 15) is 14.4 Å². The number of carbonyl (C=O) groups is 3. The van der Waals surface area contributed by atoms with E-state index in [1.807, 2.05) is 0 Å². The summed E-state index contributed by atoms with van der Waals surface area (Å²) in [6.45, 7) is 1.50. The van der Waals surface area contributed by atoms with Crippen LogP contribution in [-0.4, -0.2) is 35.2 Å². The predicted octanol–water partition coefficient (Wildman–Crippen LogP) is 3.50. The highest BCUT2D eigenvalue weighted by atomic mass is 16.5. The van der Waals surface area contributed by atoms with Crippen LogP contribution in [0.25, 0.3) is 0 Å². The lowest BCUT2D eigenvalue weighted by Gasteiger charge is -2.30. The molecule has 0 aliphatic heterocycles. The molecule has 1 saturated carbocycles. The molecule has 0 spiro atoms. The molecular weight excluding hydrogens is 414 g/mol. The van der Waals surface area contributed by atoms with Gasteiger partial charge in [0.1, 0.15) is 5.54 Å². The van der Waals surface area contributed by atoms with Crippen molar-refractivity contribution < 1.29 is 23.6 Å². The number of aromatic nitrogens is 2. The Kier molecular flexibility index (Phi) is 7.80. The minimum Gasteiger partial charge on any atom is -0.453 e. The highest BCUT2D eigenvalue weighted by Crippen LogP contribution is 2.34. The number of amides is 3. The van der Waals surface area contributed by atoms with Crippen LogP contribution in [0.3, 0.4) is 0 Å². The lowest BCUT2D eigenvalue weighted by molar-refractivity contribution is -0.121. The molecule has 1 aliphatic carbocycles. The fraction of sp³-hybridized carbons (Fsp3) is 0.500. The van der Waals surface area contributed by atoms with Gasteiger partial charge in [-0.15, -0.1) is 0 Å². The minimum atomic E-state index is -0.605. The topological polar surface area (TPSA) is 135 Å². The lowest BCUT2D eigenvalue weighted by Crippen LogP contribution is -2.45. The van der Waals surface area contributed by atoms with Crippen LogP contribution in [0.4, 0.5) is 16.2 Å². The van der Waals surface area contributed by atoms with E-state index in [2.05, 4.69) is 30.8 Å². The maximum atomic E-state index is 12.3. The molecule has 0 radical (unpaired) electrons. The maximum Gasteiger partial charge on any atom is 0.411 e. The van der Waals surface area contributed by atoms with E-state index in [0.717, 1.165) is 38.5 Å². The number of methoxy groups -OCH3 is 1. The summed E-state index contributed by atoms with van der Waals surface area (Å²) in [6.07, 6.45) is 5.64. The normalized spacial score (nSPS) is 15.3. The highest BCUT2D eigenvalue weighted by molar-refractivity contribution is 5.91. The molecule has 10 nitrogen and oxygen atoms in total. The number of hydrogen-bond acceptors (Lipinski definition) is 7. The van der Waals surface area contributed by atoms with E-state index in [-0.39, 0.29) is 24.7 Å². The number of hydrogen-bond donors (Lipinski definition) is 3. The van der Waals surface area contributed by atoms with Crippen molar-refractivity contribution in [2.45, 2.75) is 63.8 Å². The molecule has 0 saturated heterocycles. The van der Waals surface area contributed by atoms with Gasteiger partial charge in [0.2, 0.25) is 17.7 Å². The van der Waals surface area contributed by atoms with Crippen molar-refractivity contribution in [3.05, 3.63) is 36.0 Å². The van der Waals surface area contributed by atoms with E-state index >= 15 is 0 Å². The van der Waals surface area contributed by atoms with Crippen LogP contribution in [0, 0.1) is 0 Å². The van der Waals surface area contributed by atoms with Crippen molar-refractivity contribution in [1.29, 1.82) is 0 Å². The third-order valence-electron chi connectivity index (χ3n) is 5.43. The Hall–Kier alpha value is -3.43. The zero-order valence-electron chi connectivity index (χ0n) is 18.4. The number of carbonyl (C=O) groups excluding carboxylic acids is 3. The molecule has 1 aliphatic rings. The van der Waals surface area contributed by atoms with Gasteiger partial charge in [-0.25, -0.2) is 4.79 Å². The summed E-state index contributed by atoms with van der Waals surface area (Å²) in [7, 11) is 1.28. The van der Waals surface area contributed by atoms with Crippen LogP contribution in [0.5, 0.6) is 0 Å². The molecule has 2 aromatic rings. The van der Waals surface area contributed by atoms with Gasteiger partial charge in [0, 0.05) is 31.1 Å². The van der Waals surface area contributed by atoms with Gasteiger partial charge in [-0.3, -0.25) is 14.9 Å². The number of ether oxygens (including phenoxy) is 1. The van der Waals surface area contributed by atoms with Crippen LogP contribution in [0.2, 0.25) is 0 Å². The summed E-state index contributed by atoms with van der Waals surface area (Å²) in [5.74, 6) is 0.523. The summed E-state index contributed by atoms with van der Waals surface area (Å²) in [6, 6.07) is 6.67. The van der Waals surface area contributed by atoms with E-state index in [1.54, 1.807) is 24.3 Å². The molecule has 1 fully saturated rings. The van der Waals surface area contributed by atoms with E-state index in [4.69, 9.17) is 4.52 Å². The van der Waals surface area contributed by atoms with Gasteiger partial charge in [0.25, 0.3) is 0 Å². The molecular formula is C22H29N5O5. The number of benzene rings is 1. The lowest BCUT2D eigenvalue weighted by atomic mass is 9.89. The van der Waals surface area contributed by atoms with Crippen LogP contribution in [-0.2, 0) is 26.3 Å². The van der Waals surface area contributed by atoms with Gasteiger partial charge in [-0.1, -0.05) is 30.8 Å². The average Bonchev–Trinajstić information content (AvgIpc) is 3.13. The molecule has 1 aromatic carbocycles. The van der Waals surface area contributed by atoms with Crippen molar-refractivity contribution in [3.63, 3.8) is 0 Å². The minimum absolute atomic E-state index is 0.120. The van der Waals surface area contributed by atoms with Gasteiger partial charge in [-0.2, -0.15) is 4.98 Å². The Bertz CT molecular complexity index is 932. The Morgan fingerprint density at radius 3 is 2.25 bits per heavy atom. The number of rotatable bonds is 7. The number of anilines is 2. The fourth-order valence-electron chi connectivity index (χ4n) is 3.87. The molecule has 3 rings (SSSR count). The monoisotopic (exact) mass is 443 g/mol. The molecule has 0 atom stereocenters. The van der Waals surface area contributed by atoms with Crippen LogP contribution in [0.15, 0.2) is 28.8 Å². The molecule has 10 heteroatoms. The van der Waals surface area contributed by atoms with Crippen molar-refractivity contribution in [1.82, 2.24) is 15.5 Å². The Morgan fingerprint density at radius 1 is 1.03 bits per heavy atom. The van der Waals surface area contributed by atoms with Crippen LogP contribution < -0.4 is 16.0 Å². The van der Waals surface area contributed by atoms with Gasteiger partial charge in [0.05, 0.1) is 7.11 Å². The average molecular weight is 444 g/mol. The second-order valence-corrected chi connectivity index (χ2v) is 7.93. The van der Waals surface area contributed by atoms with Crippen LogP contribution >= 0.6 is 0 Å². The van der Waals surface area contributed by atoms with Crippen molar-refractivity contribution in [2.75, 3.05) is 17.7 Å². The van der Waals surface area contributed by atoms with E-state index in [0.29, 0.717) is 23.1 Å². The van der Waals surface area contributed by atoms with Crippen molar-refractivity contribution in [3.8, 4) is 0 Å². The first-order valence-corrected chi connectivity index (χ1v) is 10.8. The largest absolute Gasteiger partial charge is 0.453 e. The summed E-state index contributed by atoms with van der Waals surface area (Å²) < 4.78 is 9.92. The third-order valence-corrected chi connectivity index (χ3v) is 5.43. The SMILES string of the molecule is COC(=O)Nc1ccc(NC(=O)CCc2nc(C3(NC(C)=O)CCCCCC3)no2)cc1. The zero-order chi connectivity index (χ0) is 23.0. The maximum absolute atomic E-state index is 12.3. The number of nitrogens with zero attached hydrogens (tertiary/aromatic N) is 2. The van der Waals surface area contributed by atoms with Crippen molar-refractivity contribution in [2.24, 2.45) is 0 Å². The summed E-state index contributed by atoms with van der Waals surface area (Å²) in [4.78, 5) is 39.8. The molecule has 3 N–H and O–H groups in total. The standard InChI is InChI=1S/C22H29N5O5/c1-15(28)26-22(13-5-3-4-6-14-22)20-25-19(32-27-20)12-11-18(29)23-16-7-9-17(10-8-16)24-21(30)31-2/h7-10H,3-6,11-14H2,1-2H3,(H,23,29)(H,24,30)(H,26,28). The molecule has 172 valence electrons. The summed E-state index contributed by atoms with van der Waals surface area (Å²) >= 11 is 0. The summed E-state index contributed by atoms with van der Waals surface area (Å²) in [5.41, 5.74) is 0.548. The molecule has 3 amide bonds. The zero-order valence-corrected chi connectivity index (χ0v) is 18.4. The second kappa shape index (κ2) is 10.7. The molecule has 1 heterocycles. The Balaban J connectivity index is 1.56. The first-order chi connectivity index (χ1) is 15.4. The highest BCUT2D eigenvalue weighted by Gasteiger charge is 2.38. The Morgan fingerprint density at radius 2 is 1.66 bits per heavy atom. The van der Waals surface area contributed by atoms with Gasteiger partial charge >= 0.3 is 6.09 Å². The van der Waals surface area contributed by atoms with Crippen molar-refractivity contribution >= 4 is 29.3 Å². The summed E-state index contributed by atoms with van der Waals surface area (Å²) in [5, 5.41) is 12.5. The molecule has 1 aromatic heterocycles. The molecule has 0 bridgehead atoms. The number of aryl methyl sites for hydroxylation is 1. The Labute approximate surface area is 186 Å².